The van der Waals surface area contributed by atoms with Gasteiger partial charge in [0.2, 0.25) is 0 Å². The minimum atomic E-state index is 0.883. The van der Waals surface area contributed by atoms with Crippen LogP contribution in [0.3, 0.4) is 0 Å². The van der Waals surface area contributed by atoms with E-state index in [-0.39, 0.29) is 0 Å². The standard InChI is InChI=1S/C9H5Br3S/c10-4-6-5-1-2-13-9(5)8(12)3-7(6)11/h1-3H,4H2. The van der Waals surface area contributed by atoms with Gasteiger partial charge in [-0.2, -0.15) is 0 Å². The smallest absolute Gasteiger partial charge is 0.0488 e. The first-order valence-electron chi connectivity index (χ1n) is 3.64. The normalized spacial score (nSPS) is 11.0. The molecule has 0 aliphatic rings. The molecule has 0 saturated carbocycles. The zero-order valence-electron chi connectivity index (χ0n) is 6.48. The molecule has 0 fully saturated rings. The summed E-state index contributed by atoms with van der Waals surface area (Å²) in [5.41, 5.74) is 1.32. The molecule has 1 aromatic carbocycles. The molecule has 0 aliphatic heterocycles. The fourth-order valence-corrected chi connectivity index (χ4v) is 4.68. The van der Waals surface area contributed by atoms with Crippen molar-refractivity contribution in [3.63, 3.8) is 0 Å². The number of halogens is 3. The number of hydrogen-bond donors (Lipinski definition) is 0. The number of hydrogen-bond acceptors (Lipinski definition) is 1. The van der Waals surface area contributed by atoms with Crippen LogP contribution in [-0.4, -0.2) is 0 Å². The van der Waals surface area contributed by atoms with E-state index in [2.05, 4.69) is 65.3 Å². The summed E-state index contributed by atoms with van der Waals surface area (Å²) in [7, 11) is 0. The van der Waals surface area contributed by atoms with Crippen LogP contribution in [0.25, 0.3) is 10.1 Å². The van der Waals surface area contributed by atoms with Gasteiger partial charge in [0, 0.05) is 19.0 Å². The van der Waals surface area contributed by atoms with Crippen LogP contribution >= 0.6 is 59.1 Å². The van der Waals surface area contributed by atoms with E-state index in [4.69, 9.17) is 0 Å². The van der Waals surface area contributed by atoms with Crippen molar-refractivity contribution in [3.05, 3.63) is 32.0 Å². The lowest BCUT2D eigenvalue weighted by atomic mass is 10.1. The van der Waals surface area contributed by atoms with Crippen molar-refractivity contribution >= 4 is 69.2 Å². The molecule has 0 bridgehead atoms. The van der Waals surface area contributed by atoms with Crippen molar-refractivity contribution in [1.82, 2.24) is 0 Å². The minimum absolute atomic E-state index is 0.883. The molecule has 0 aliphatic carbocycles. The van der Waals surface area contributed by atoms with E-state index in [1.54, 1.807) is 11.3 Å². The van der Waals surface area contributed by atoms with E-state index in [1.165, 1.54) is 15.6 Å². The molecule has 0 unspecified atom stereocenters. The van der Waals surface area contributed by atoms with Gasteiger partial charge in [-0.25, -0.2) is 0 Å². The highest BCUT2D eigenvalue weighted by molar-refractivity contribution is 9.11. The predicted octanol–water partition coefficient (Wildman–Crippen LogP) is 5.32. The molecule has 0 amide bonds. The minimum Gasteiger partial charge on any atom is -0.143 e. The number of thiophene rings is 1. The lowest BCUT2D eigenvalue weighted by Crippen LogP contribution is -1.81. The van der Waals surface area contributed by atoms with Crippen LogP contribution in [0.1, 0.15) is 5.56 Å². The lowest BCUT2D eigenvalue weighted by Gasteiger charge is -2.04. The number of benzene rings is 1. The predicted molar refractivity (Wildman–Crippen MR) is 69.9 cm³/mol. The van der Waals surface area contributed by atoms with Crippen molar-refractivity contribution in [3.8, 4) is 0 Å². The summed E-state index contributed by atoms with van der Waals surface area (Å²) >= 11 is 12.4. The summed E-state index contributed by atoms with van der Waals surface area (Å²) in [6.45, 7) is 0. The Hall–Kier alpha value is 0.620. The second kappa shape index (κ2) is 4.01. The Balaban J connectivity index is 2.88. The summed E-state index contributed by atoms with van der Waals surface area (Å²) in [6, 6.07) is 4.27. The van der Waals surface area contributed by atoms with Gasteiger partial charge in [0.25, 0.3) is 0 Å². The lowest BCUT2D eigenvalue weighted by molar-refractivity contribution is 1.45. The maximum absolute atomic E-state index is 3.56. The summed E-state index contributed by atoms with van der Waals surface area (Å²) in [5, 5.41) is 4.32. The van der Waals surface area contributed by atoms with Crippen molar-refractivity contribution in [1.29, 1.82) is 0 Å². The molecule has 0 N–H and O–H groups in total. The zero-order chi connectivity index (χ0) is 9.42. The quantitative estimate of drug-likeness (QED) is 0.583. The van der Waals surface area contributed by atoms with Gasteiger partial charge in [-0.15, -0.1) is 11.3 Å². The fraction of sp³-hybridized carbons (Fsp3) is 0.111. The third-order valence-corrected chi connectivity index (χ3v) is 4.99. The second-order valence-corrected chi connectivity index (χ2v) is 5.80. The number of fused-ring (bicyclic) bond motifs is 1. The van der Waals surface area contributed by atoms with E-state index in [0.29, 0.717) is 0 Å². The molecule has 0 atom stereocenters. The van der Waals surface area contributed by atoms with E-state index in [0.717, 1.165) is 14.3 Å². The molecule has 4 heteroatoms. The molecule has 2 rings (SSSR count). The third-order valence-electron chi connectivity index (χ3n) is 1.88. The monoisotopic (exact) mass is 382 g/mol. The Labute approximate surface area is 106 Å². The average molecular weight is 385 g/mol. The van der Waals surface area contributed by atoms with Crippen molar-refractivity contribution in [2.75, 3.05) is 0 Å². The molecule has 1 aromatic heterocycles. The highest BCUT2D eigenvalue weighted by Crippen LogP contribution is 2.37. The topological polar surface area (TPSA) is 0 Å². The number of rotatable bonds is 1. The van der Waals surface area contributed by atoms with E-state index < -0.39 is 0 Å². The van der Waals surface area contributed by atoms with Crippen LogP contribution in [0.15, 0.2) is 26.5 Å². The average Bonchev–Trinajstić information content (AvgIpc) is 2.53. The van der Waals surface area contributed by atoms with Crippen LogP contribution < -0.4 is 0 Å². The SMILES string of the molecule is BrCc1c(Br)cc(Br)c2sccc12. The number of alkyl halides is 1. The van der Waals surface area contributed by atoms with Gasteiger partial charge in [-0.1, -0.05) is 31.9 Å². The molecule has 0 saturated heterocycles. The molecule has 68 valence electrons. The van der Waals surface area contributed by atoms with Gasteiger partial charge in [-0.05, 0) is 44.4 Å². The van der Waals surface area contributed by atoms with Crippen molar-refractivity contribution < 1.29 is 0 Å². The maximum atomic E-state index is 3.56. The third kappa shape index (κ3) is 1.74. The summed E-state index contributed by atoms with van der Waals surface area (Å²) in [6.07, 6.45) is 0. The van der Waals surface area contributed by atoms with Crippen molar-refractivity contribution in [2.45, 2.75) is 5.33 Å². The fourth-order valence-electron chi connectivity index (χ4n) is 1.26. The summed E-state index contributed by atoms with van der Waals surface area (Å²) in [5.74, 6) is 0. The van der Waals surface area contributed by atoms with Gasteiger partial charge >= 0.3 is 0 Å². The highest BCUT2D eigenvalue weighted by atomic mass is 79.9. The largest absolute Gasteiger partial charge is 0.143 e. The molecular weight excluding hydrogens is 380 g/mol. The van der Waals surface area contributed by atoms with Crippen LogP contribution in [-0.2, 0) is 5.33 Å². The van der Waals surface area contributed by atoms with Gasteiger partial charge in [0.05, 0.1) is 0 Å². The highest BCUT2D eigenvalue weighted by Gasteiger charge is 2.08. The first-order chi connectivity index (χ1) is 6.24. The molecular formula is C9H5Br3S. The molecule has 0 nitrogen and oxygen atoms in total. The Kier molecular flexibility index (Phi) is 3.13. The van der Waals surface area contributed by atoms with Crippen LogP contribution in [0.5, 0.6) is 0 Å². The second-order valence-electron chi connectivity index (χ2n) is 2.62. The first-order valence-corrected chi connectivity index (χ1v) is 7.23. The van der Waals surface area contributed by atoms with Crippen LogP contribution in [0, 0.1) is 0 Å². The molecule has 2 aromatic rings. The molecule has 0 spiro atoms. The van der Waals surface area contributed by atoms with Gasteiger partial charge in [0.15, 0.2) is 0 Å². The van der Waals surface area contributed by atoms with Gasteiger partial charge < -0.3 is 0 Å². The molecule has 13 heavy (non-hydrogen) atoms. The summed E-state index contributed by atoms with van der Waals surface area (Å²) in [4.78, 5) is 0. The molecule has 1 heterocycles. The van der Waals surface area contributed by atoms with Gasteiger partial charge in [-0.3, -0.25) is 0 Å². The van der Waals surface area contributed by atoms with E-state index >= 15 is 0 Å². The van der Waals surface area contributed by atoms with Crippen molar-refractivity contribution in [2.24, 2.45) is 0 Å². The molecule has 0 radical (unpaired) electrons. The van der Waals surface area contributed by atoms with E-state index in [1.807, 2.05) is 0 Å². The van der Waals surface area contributed by atoms with E-state index in [9.17, 15) is 0 Å². The Bertz CT molecular complexity index is 447. The Morgan fingerprint density at radius 1 is 1.23 bits per heavy atom. The zero-order valence-corrected chi connectivity index (χ0v) is 12.1. The Morgan fingerprint density at radius 2 is 2.00 bits per heavy atom. The van der Waals surface area contributed by atoms with Gasteiger partial charge in [0.1, 0.15) is 0 Å². The Morgan fingerprint density at radius 3 is 2.69 bits per heavy atom. The maximum Gasteiger partial charge on any atom is 0.0488 e. The first kappa shape index (κ1) is 10.1. The van der Waals surface area contributed by atoms with Crippen LogP contribution in [0.4, 0.5) is 0 Å². The van der Waals surface area contributed by atoms with Crippen LogP contribution in [0.2, 0.25) is 0 Å². The summed E-state index contributed by atoms with van der Waals surface area (Å²) < 4.78 is 3.63.